The fraction of sp³-hybridized carbons (Fsp3) is 0.455. The summed E-state index contributed by atoms with van der Waals surface area (Å²) in [6.45, 7) is 2.99. The predicted molar refractivity (Wildman–Crippen MR) is 66.2 cm³/mol. The van der Waals surface area contributed by atoms with E-state index in [4.69, 9.17) is 11.6 Å². The first-order chi connectivity index (χ1) is 7.15. The largest absolute Gasteiger partial charge is 0.309 e. The van der Waals surface area contributed by atoms with Crippen LogP contribution in [0.15, 0.2) is 18.2 Å². The molecular formula is C11H15ClFNS. The first kappa shape index (κ1) is 12.8. The summed E-state index contributed by atoms with van der Waals surface area (Å²) in [5.74, 6) is 0.705. The lowest BCUT2D eigenvalue weighted by molar-refractivity contribution is 0.594. The highest BCUT2D eigenvalue weighted by atomic mass is 35.5. The van der Waals surface area contributed by atoms with Gasteiger partial charge in [0, 0.05) is 18.3 Å². The molecule has 4 heteroatoms. The number of hydrogen-bond acceptors (Lipinski definition) is 2. The molecular weight excluding hydrogens is 233 g/mol. The summed E-state index contributed by atoms with van der Waals surface area (Å²) in [5, 5.41) is 3.53. The lowest BCUT2D eigenvalue weighted by Gasteiger charge is -2.14. The number of halogens is 2. The Kier molecular flexibility index (Phi) is 5.43. The third kappa shape index (κ3) is 4.01. The number of rotatable bonds is 5. The monoisotopic (exact) mass is 247 g/mol. The Balaban J connectivity index is 2.57. The van der Waals surface area contributed by atoms with E-state index in [1.54, 1.807) is 23.9 Å². The zero-order valence-corrected chi connectivity index (χ0v) is 10.5. The van der Waals surface area contributed by atoms with Gasteiger partial charge in [-0.3, -0.25) is 0 Å². The number of hydrogen-bond donors (Lipinski definition) is 1. The second kappa shape index (κ2) is 6.36. The minimum absolute atomic E-state index is 0.186. The fourth-order valence-electron chi connectivity index (χ4n) is 1.28. The molecule has 0 radical (unpaired) electrons. The molecule has 84 valence electrons. The van der Waals surface area contributed by atoms with Crippen molar-refractivity contribution in [3.63, 3.8) is 0 Å². The maximum atomic E-state index is 12.9. The maximum absolute atomic E-state index is 12.9. The van der Waals surface area contributed by atoms with Crippen LogP contribution in [0.5, 0.6) is 0 Å². The van der Waals surface area contributed by atoms with Crippen LogP contribution in [0.1, 0.15) is 18.5 Å². The summed E-state index contributed by atoms with van der Waals surface area (Å²) in [6, 6.07) is 5.05. The normalized spacial score (nSPS) is 12.8. The van der Waals surface area contributed by atoms with Gasteiger partial charge >= 0.3 is 0 Å². The first-order valence-corrected chi connectivity index (χ1v) is 6.59. The minimum Gasteiger partial charge on any atom is -0.309 e. The van der Waals surface area contributed by atoms with Crippen molar-refractivity contribution in [1.29, 1.82) is 0 Å². The van der Waals surface area contributed by atoms with Crippen molar-refractivity contribution in [1.82, 2.24) is 5.32 Å². The van der Waals surface area contributed by atoms with E-state index in [0.717, 1.165) is 17.9 Å². The highest BCUT2D eigenvalue weighted by Gasteiger charge is 2.07. The number of benzene rings is 1. The molecule has 1 nitrogen and oxygen atoms in total. The third-order valence-electron chi connectivity index (χ3n) is 2.20. The summed E-state index contributed by atoms with van der Waals surface area (Å²) >= 11 is 7.51. The second-order valence-corrected chi connectivity index (χ2v) is 4.73. The molecule has 0 amide bonds. The van der Waals surface area contributed by atoms with Gasteiger partial charge in [0.05, 0.1) is 5.02 Å². The lowest BCUT2D eigenvalue weighted by Crippen LogP contribution is -2.21. The van der Waals surface area contributed by atoms with E-state index in [1.807, 2.05) is 6.92 Å². The van der Waals surface area contributed by atoms with Crippen LogP contribution in [0, 0.1) is 5.82 Å². The number of thioether (sulfide) groups is 1. The molecule has 0 aliphatic carbocycles. The molecule has 1 rings (SSSR count). The average molecular weight is 248 g/mol. The van der Waals surface area contributed by atoms with Crippen LogP contribution >= 0.6 is 23.4 Å². The summed E-state index contributed by atoms with van der Waals surface area (Å²) in [4.78, 5) is 0. The van der Waals surface area contributed by atoms with Gasteiger partial charge in [-0.15, -0.1) is 0 Å². The van der Waals surface area contributed by atoms with Crippen molar-refractivity contribution in [3.8, 4) is 0 Å². The van der Waals surface area contributed by atoms with E-state index in [0.29, 0.717) is 0 Å². The van der Waals surface area contributed by atoms with Crippen molar-refractivity contribution >= 4 is 23.4 Å². The molecule has 0 aliphatic heterocycles. The van der Waals surface area contributed by atoms with Gasteiger partial charge in [-0.05, 0) is 30.9 Å². The Hall–Kier alpha value is -0.250. The van der Waals surface area contributed by atoms with Crippen molar-refractivity contribution in [2.75, 3.05) is 18.6 Å². The maximum Gasteiger partial charge on any atom is 0.141 e. The summed E-state index contributed by atoms with van der Waals surface area (Å²) in [6.07, 6.45) is 2.07. The molecule has 1 unspecified atom stereocenters. The zero-order chi connectivity index (χ0) is 11.3. The molecule has 0 saturated carbocycles. The van der Waals surface area contributed by atoms with Gasteiger partial charge in [-0.25, -0.2) is 4.39 Å². The molecule has 1 aromatic carbocycles. The van der Waals surface area contributed by atoms with Crippen LogP contribution in [-0.4, -0.2) is 18.6 Å². The molecule has 0 saturated heterocycles. The van der Waals surface area contributed by atoms with E-state index < -0.39 is 0 Å². The van der Waals surface area contributed by atoms with E-state index >= 15 is 0 Å². The smallest absolute Gasteiger partial charge is 0.141 e. The van der Waals surface area contributed by atoms with E-state index in [-0.39, 0.29) is 16.9 Å². The highest BCUT2D eigenvalue weighted by molar-refractivity contribution is 7.98. The van der Waals surface area contributed by atoms with Gasteiger partial charge in [0.1, 0.15) is 5.82 Å². The van der Waals surface area contributed by atoms with Crippen LogP contribution in [0.25, 0.3) is 0 Å². The lowest BCUT2D eigenvalue weighted by atomic mass is 10.1. The van der Waals surface area contributed by atoms with Crippen LogP contribution in [0.2, 0.25) is 5.02 Å². The van der Waals surface area contributed by atoms with Gasteiger partial charge in [0.15, 0.2) is 0 Å². The number of nitrogens with one attached hydrogen (secondary N) is 1. The SMILES string of the molecule is CSCCNC(C)c1ccc(F)c(Cl)c1. The zero-order valence-electron chi connectivity index (χ0n) is 8.89. The summed E-state index contributed by atoms with van der Waals surface area (Å²) < 4.78 is 12.9. The quantitative estimate of drug-likeness (QED) is 0.800. The summed E-state index contributed by atoms with van der Waals surface area (Å²) in [5.41, 5.74) is 1.02. The van der Waals surface area contributed by atoms with Crippen LogP contribution in [-0.2, 0) is 0 Å². The molecule has 0 aliphatic rings. The van der Waals surface area contributed by atoms with Crippen LogP contribution in [0.3, 0.4) is 0 Å². The Labute approximate surface area is 99.4 Å². The van der Waals surface area contributed by atoms with E-state index in [2.05, 4.69) is 11.6 Å². The molecule has 0 heterocycles. The molecule has 0 aromatic heterocycles. The van der Waals surface area contributed by atoms with Gasteiger partial charge in [-0.1, -0.05) is 17.7 Å². The van der Waals surface area contributed by atoms with Gasteiger partial charge in [0.2, 0.25) is 0 Å². The average Bonchev–Trinajstić information content (AvgIpc) is 2.22. The molecule has 1 N–H and O–H groups in total. The van der Waals surface area contributed by atoms with E-state index in [1.165, 1.54) is 6.07 Å². The molecule has 1 aromatic rings. The molecule has 1 atom stereocenters. The van der Waals surface area contributed by atoms with Crippen LogP contribution < -0.4 is 5.32 Å². The van der Waals surface area contributed by atoms with Crippen molar-refractivity contribution < 1.29 is 4.39 Å². The fourth-order valence-corrected chi connectivity index (χ4v) is 1.79. The van der Waals surface area contributed by atoms with Crippen LogP contribution in [0.4, 0.5) is 4.39 Å². The van der Waals surface area contributed by atoms with Gasteiger partial charge in [-0.2, -0.15) is 11.8 Å². The standard InChI is InChI=1S/C11H15ClFNS/c1-8(14-5-6-15-2)9-3-4-11(13)10(12)7-9/h3-4,7-8,14H,5-6H2,1-2H3. The Morgan fingerprint density at radius 1 is 1.53 bits per heavy atom. The molecule has 0 spiro atoms. The highest BCUT2D eigenvalue weighted by Crippen LogP contribution is 2.20. The molecule has 0 fully saturated rings. The molecule has 15 heavy (non-hydrogen) atoms. The Morgan fingerprint density at radius 2 is 2.27 bits per heavy atom. The van der Waals surface area contributed by atoms with E-state index in [9.17, 15) is 4.39 Å². The Morgan fingerprint density at radius 3 is 2.87 bits per heavy atom. The topological polar surface area (TPSA) is 12.0 Å². The minimum atomic E-state index is -0.364. The van der Waals surface area contributed by atoms with Crippen molar-refractivity contribution in [2.45, 2.75) is 13.0 Å². The first-order valence-electron chi connectivity index (χ1n) is 4.82. The predicted octanol–water partition coefficient (Wildman–Crippen LogP) is 3.49. The van der Waals surface area contributed by atoms with Crippen molar-refractivity contribution in [3.05, 3.63) is 34.6 Å². The van der Waals surface area contributed by atoms with Gasteiger partial charge < -0.3 is 5.32 Å². The van der Waals surface area contributed by atoms with Crippen molar-refractivity contribution in [2.24, 2.45) is 0 Å². The van der Waals surface area contributed by atoms with Gasteiger partial charge in [0.25, 0.3) is 0 Å². The molecule has 0 bridgehead atoms. The third-order valence-corrected chi connectivity index (χ3v) is 3.10. The Bertz CT molecular complexity index is 319. The second-order valence-electron chi connectivity index (χ2n) is 3.34. The summed E-state index contributed by atoms with van der Waals surface area (Å²) in [7, 11) is 0.